The Morgan fingerprint density at radius 2 is 1.72 bits per heavy atom. The summed E-state index contributed by atoms with van der Waals surface area (Å²) in [6, 6.07) is 8.01. The average Bonchev–Trinajstić information content (AvgIpc) is 2.73. The second-order valence-corrected chi connectivity index (χ2v) is 7.44. The van der Waals surface area contributed by atoms with Crippen molar-refractivity contribution in [1.82, 2.24) is 20.2 Å². The first-order valence-corrected chi connectivity index (χ1v) is 9.93. The highest BCUT2D eigenvalue weighted by Crippen LogP contribution is 2.29. The van der Waals surface area contributed by atoms with Gasteiger partial charge in [-0.15, -0.1) is 0 Å². The van der Waals surface area contributed by atoms with Crippen molar-refractivity contribution in [3.05, 3.63) is 36.7 Å². The first-order chi connectivity index (χ1) is 14.1. The van der Waals surface area contributed by atoms with Crippen LogP contribution in [0, 0.1) is 0 Å². The van der Waals surface area contributed by atoms with E-state index in [4.69, 9.17) is 19.4 Å². The fourth-order valence-corrected chi connectivity index (χ4v) is 3.46. The predicted octanol–water partition coefficient (Wildman–Crippen LogP) is 3.30. The van der Waals surface area contributed by atoms with Crippen molar-refractivity contribution < 1.29 is 9.47 Å². The second kappa shape index (κ2) is 8.46. The molecule has 1 saturated heterocycles. The Morgan fingerprint density at radius 3 is 2.41 bits per heavy atom. The lowest BCUT2D eigenvalue weighted by Gasteiger charge is -2.34. The zero-order valence-corrected chi connectivity index (χ0v) is 17.0. The lowest BCUT2D eigenvalue weighted by atomic mass is 10.1. The number of anilines is 2. The number of benzene rings is 1. The van der Waals surface area contributed by atoms with Crippen LogP contribution >= 0.6 is 0 Å². The van der Waals surface area contributed by atoms with Crippen molar-refractivity contribution in [2.24, 2.45) is 0 Å². The third-order valence-electron chi connectivity index (χ3n) is 4.87. The number of ether oxygens (including phenoxy) is 2. The highest BCUT2D eigenvalue weighted by molar-refractivity contribution is 5.79. The number of rotatable bonds is 6. The minimum absolute atomic E-state index is 0.166. The minimum atomic E-state index is 0.166. The van der Waals surface area contributed by atoms with Crippen LogP contribution < -0.4 is 19.7 Å². The van der Waals surface area contributed by atoms with Gasteiger partial charge in [0.15, 0.2) is 11.6 Å². The minimum Gasteiger partial charge on any atom is -0.497 e. The molecule has 1 aliphatic rings. The largest absolute Gasteiger partial charge is 0.497 e. The molecular formula is C21H26N6O2. The van der Waals surface area contributed by atoms with Gasteiger partial charge in [-0.1, -0.05) is 6.07 Å². The third kappa shape index (κ3) is 4.47. The molecular weight excluding hydrogens is 368 g/mol. The monoisotopic (exact) mass is 394 g/mol. The molecule has 3 heterocycles. The zero-order valence-electron chi connectivity index (χ0n) is 17.0. The Bertz CT molecular complexity index is 972. The maximum atomic E-state index is 6.17. The van der Waals surface area contributed by atoms with E-state index in [9.17, 15) is 0 Å². The molecule has 1 fully saturated rings. The Morgan fingerprint density at radius 1 is 1.03 bits per heavy atom. The summed E-state index contributed by atoms with van der Waals surface area (Å²) in [5.41, 5.74) is 1.49. The molecule has 152 valence electrons. The number of hydrogen-bond acceptors (Lipinski definition) is 8. The fraction of sp³-hybridized carbons (Fsp3) is 0.429. The van der Waals surface area contributed by atoms with Crippen LogP contribution in [0.3, 0.4) is 0 Å². The lowest BCUT2D eigenvalue weighted by Crippen LogP contribution is -2.39. The molecule has 1 aliphatic heterocycles. The average molecular weight is 394 g/mol. The molecule has 2 aromatic heterocycles. The SMILES string of the molecule is COc1cccc(OC2CCN(c3nc4cnncc4nc3NC(C)C)CC2)c1. The summed E-state index contributed by atoms with van der Waals surface area (Å²) in [6.07, 6.45) is 5.29. The standard InChI is InChI=1S/C21H26N6O2/c1-14(2)24-20-21(26-19-13-23-22-12-18(19)25-20)27-9-7-15(8-10-27)29-17-6-4-5-16(11-17)28-3/h4-6,11-15H,7-10H2,1-3H3,(H,24,25). The number of aromatic nitrogens is 4. The van der Waals surface area contributed by atoms with Crippen molar-refractivity contribution in [3.8, 4) is 11.5 Å². The van der Waals surface area contributed by atoms with Crippen molar-refractivity contribution in [3.63, 3.8) is 0 Å². The van der Waals surface area contributed by atoms with Gasteiger partial charge in [-0.25, -0.2) is 9.97 Å². The van der Waals surface area contributed by atoms with Crippen LogP contribution in [0.2, 0.25) is 0 Å². The molecule has 1 N–H and O–H groups in total. The van der Waals surface area contributed by atoms with Gasteiger partial charge in [0, 0.05) is 38.0 Å². The first-order valence-electron chi connectivity index (χ1n) is 9.93. The second-order valence-electron chi connectivity index (χ2n) is 7.44. The maximum absolute atomic E-state index is 6.17. The van der Waals surface area contributed by atoms with Gasteiger partial charge in [0.2, 0.25) is 0 Å². The van der Waals surface area contributed by atoms with Crippen LogP contribution in [-0.2, 0) is 0 Å². The summed E-state index contributed by atoms with van der Waals surface area (Å²) in [7, 11) is 1.66. The van der Waals surface area contributed by atoms with E-state index in [1.165, 1.54) is 0 Å². The van der Waals surface area contributed by atoms with Crippen LogP contribution in [0.25, 0.3) is 11.0 Å². The summed E-state index contributed by atoms with van der Waals surface area (Å²) in [4.78, 5) is 11.8. The molecule has 1 aromatic carbocycles. The lowest BCUT2D eigenvalue weighted by molar-refractivity contribution is 0.170. The Balaban J connectivity index is 1.49. The molecule has 0 atom stereocenters. The summed E-state index contributed by atoms with van der Waals surface area (Å²) < 4.78 is 11.4. The van der Waals surface area contributed by atoms with Crippen LogP contribution in [0.15, 0.2) is 36.7 Å². The number of methoxy groups -OCH3 is 1. The van der Waals surface area contributed by atoms with E-state index in [2.05, 4.69) is 34.3 Å². The number of hydrogen-bond donors (Lipinski definition) is 1. The van der Waals surface area contributed by atoms with E-state index in [0.717, 1.165) is 60.1 Å². The number of nitrogens with one attached hydrogen (secondary N) is 1. The summed E-state index contributed by atoms with van der Waals surface area (Å²) >= 11 is 0. The van der Waals surface area contributed by atoms with Gasteiger partial charge in [-0.05, 0) is 26.0 Å². The van der Waals surface area contributed by atoms with E-state index < -0.39 is 0 Å². The molecule has 0 saturated carbocycles. The molecule has 3 aromatic rings. The van der Waals surface area contributed by atoms with Crippen LogP contribution in [0.1, 0.15) is 26.7 Å². The molecule has 0 bridgehead atoms. The smallest absolute Gasteiger partial charge is 0.172 e. The summed E-state index contributed by atoms with van der Waals surface area (Å²) in [5.74, 6) is 3.29. The van der Waals surface area contributed by atoms with E-state index >= 15 is 0 Å². The highest BCUT2D eigenvalue weighted by atomic mass is 16.5. The summed E-state index contributed by atoms with van der Waals surface area (Å²) in [5, 5.41) is 11.3. The number of fused-ring (bicyclic) bond motifs is 1. The molecule has 0 radical (unpaired) electrons. The van der Waals surface area contributed by atoms with Crippen molar-refractivity contribution in [2.75, 3.05) is 30.4 Å². The van der Waals surface area contributed by atoms with Crippen LogP contribution in [-0.4, -0.2) is 52.5 Å². The van der Waals surface area contributed by atoms with Crippen molar-refractivity contribution in [1.29, 1.82) is 0 Å². The van der Waals surface area contributed by atoms with E-state index in [1.54, 1.807) is 19.5 Å². The Hall–Kier alpha value is -3.16. The molecule has 0 spiro atoms. The third-order valence-corrected chi connectivity index (χ3v) is 4.87. The van der Waals surface area contributed by atoms with Crippen LogP contribution in [0.5, 0.6) is 11.5 Å². The van der Waals surface area contributed by atoms with E-state index in [1.807, 2.05) is 24.3 Å². The molecule has 0 unspecified atom stereocenters. The maximum Gasteiger partial charge on any atom is 0.172 e. The first kappa shape index (κ1) is 19.2. The van der Waals surface area contributed by atoms with Gasteiger partial charge >= 0.3 is 0 Å². The van der Waals surface area contributed by atoms with Gasteiger partial charge in [0.05, 0.1) is 19.5 Å². The van der Waals surface area contributed by atoms with Crippen LogP contribution in [0.4, 0.5) is 11.6 Å². The molecule has 29 heavy (non-hydrogen) atoms. The Kier molecular flexibility index (Phi) is 5.59. The predicted molar refractivity (Wildman–Crippen MR) is 113 cm³/mol. The number of nitrogens with zero attached hydrogens (tertiary/aromatic N) is 5. The van der Waals surface area contributed by atoms with Gasteiger partial charge in [-0.3, -0.25) is 0 Å². The molecule has 8 nitrogen and oxygen atoms in total. The molecule has 4 rings (SSSR count). The van der Waals surface area contributed by atoms with Crippen molar-refractivity contribution >= 4 is 22.7 Å². The van der Waals surface area contributed by atoms with Gasteiger partial charge < -0.3 is 19.7 Å². The fourth-order valence-electron chi connectivity index (χ4n) is 3.46. The van der Waals surface area contributed by atoms with E-state index in [0.29, 0.717) is 0 Å². The molecule has 8 heteroatoms. The highest BCUT2D eigenvalue weighted by Gasteiger charge is 2.25. The zero-order chi connectivity index (χ0) is 20.2. The van der Waals surface area contributed by atoms with Gasteiger partial charge in [-0.2, -0.15) is 10.2 Å². The molecule has 0 aliphatic carbocycles. The topological polar surface area (TPSA) is 85.3 Å². The van der Waals surface area contributed by atoms with E-state index in [-0.39, 0.29) is 12.1 Å². The van der Waals surface area contributed by atoms with Crippen molar-refractivity contribution in [2.45, 2.75) is 38.8 Å². The number of piperidine rings is 1. The normalized spacial score (nSPS) is 15.0. The molecule has 0 amide bonds. The quantitative estimate of drug-likeness (QED) is 0.682. The Labute approximate surface area is 170 Å². The van der Waals surface area contributed by atoms with Gasteiger partial charge in [0.25, 0.3) is 0 Å². The summed E-state index contributed by atoms with van der Waals surface area (Å²) in [6.45, 7) is 5.88. The van der Waals surface area contributed by atoms with Gasteiger partial charge in [0.1, 0.15) is 28.6 Å².